The second kappa shape index (κ2) is 8.62. The fraction of sp³-hybridized carbons (Fsp3) is 0.158. The average Bonchev–Trinajstić information content (AvgIpc) is 2.63. The number of nitrogens with zero attached hydrogens (tertiary/aromatic N) is 3. The van der Waals surface area contributed by atoms with Gasteiger partial charge in [0.2, 0.25) is 0 Å². The van der Waals surface area contributed by atoms with Crippen molar-refractivity contribution in [2.75, 3.05) is 0 Å². The molecule has 3 aromatic rings. The van der Waals surface area contributed by atoms with Crippen molar-refractivity contribution in [3.63, 3.8) is 0 Å². The van der Waals surface area contributed by atoms with Crippen LogP contribution in [0.15, 0.2) is 78.0 Å². The Balaban J connectivity index is 1.84. The first-order valence-electron chi connectivity index (χ1n) is 7.93. The SMILES string of the molecule is O=S(O)c1ccccc1CN(Cc1ccccn1)Cc1ccccn1. The maximum atomic E-state index is 11.6. The highest BCUT2D eigenvalue weighted by Gasteiger charge is 2.14. The predicted molar refractivity (Wildman–Crippen MR) is 96.9 cm³/mol. The molecule has 0 aliphatic rings. The van der Waals surface area contributed by atoms with Crippen LogP contribution in [0.2, 0.25) is 0 Å². The van der Waals surface area contributed by atoms with Crippen molar-refractivity contribution in [2.45, 2.75) is 24.5 Å². The summed E-state index contributed by atoms with van der Waals surface area (Å²) < 4.78 is 21.1. The Bertz CT molecular complexity index is 787. The van der Waals surface area contributed by atoms with Gasteiger partial charge in [0.15, 0.2) is 11.1 Å². The van der Waals surface area contributed by atoms with E-state index in [0.29, 0.717) is 24.5 Å². The Morgan fingerprint density at radius 2 is 1.36 bits per heavy atom. The minimum absolute atomic E-state index is 0.439. The standard InChI is InChI=1S/C19H19N3O2S/c23-25(24)19-10-2-1-7-16(19)13-22(14-17-8-3-5-11-20-17)15-18-9-4-6-12-21-18/h1-12H,13-15H2,(H,23,24). The van der Waals surface area contributed by atoms with E-state index in [0.717, 1.165) is 17.0 Å². The quantitative estimate of drug-likeness (QED) is 0.661. The van der Waals surface area contributed by atoms with Gasteiger partial charge in [0.05, 0.1) is 16.3 Å². The Kier molecular flexibility index (Phi) is 6.00. The second-order valence-electron chi connectivity index (χ2n) is 5.64. The van der Waals surface area contributed by atoms with Crippen LogP contribution in [-0.2, 0) is 30.7 Å². The highest BCUT2D eigenvalue weighted by Crippen LogP contribution is 2.17. The summed E-state index contributed by atoms with van der Waals surface area (Å²) in [6, 6.07) is 18.9. The summed E-state index contributed by atoms with van der Waals surface area (Å²) in [6.45, 7) is 1.79. The minimum atomic E-state index is -2.01. The Morgan fingerprint density at radius 3 is 1.88 bits per heavy atom. The Labute approximate surface area is 149 Å². The largest absolute Gasteiger partial charge is 0.302 e. The average molecular weight is 353 g/mol. The molecule has 0 aliphatic heterocycles. The topological polar surface area (TPSA) is 66.3 Å². The number of pyridine rings is 2. The van der Waals surface area contributed by atoms with E-state index in [9.17, 15) is 8.76 Å². The van der Waals surface area contributed by atoms with E-state index in [4.69, 9.17) is 0 Å². The van der Waals surface area contributed by atoms with Crippen molar-refractivity contribution in [1.82, 2.24) is 14.9 Å². The third-order valence-corrected chi connectivity index (χ3v) is 4.55. The van der Waals surface area contributed by atoms with Gasteiger partial charge in [-0.25, -0.2) is 4.21 Å². The monoisotopic (exact) mass is 353 g/mol. The summed E-state index contributed by atoms with van der Waals surface area (Å²) in [7, 11) is 0. The van der Waals surface area contributed by atoms with E-state index in [2.05, 4.69) is 14.9 Å². The van der Waals surface area contributed by atoms with Gasteiger partial charge in [-0.3, -0.25) is 14.9 Å². The molecule has 1 unspecified atom stereocenters. The zero-order valence-corrected chi connectivity index (χ0v) is 14.5. The van der Waals surface area contributed by atoms with E-state index in [1.54, 1.807) is 24.5 Å². The Hall–Kier alpha value is -2.41. The molecule has 0 spiro atoms. The van der Waals surface area contributed by atoms with Crippen molar-refractivity contribution in [3.8, 4) is 0 Å². The lowest BCUT2D eigenvalue weighted by Gasteiger charge is -2.22. The first kappa shape index (κ1) is 17.4. The zero-order chi connectivity index (χ0) is 17.5. The predicted octanol–water partition coefficient (Wildman–Crippen LogP) is 3.26. The Morgan fingerprint density at radius 1 is 0.800 bits per heavy atom. The number of aromatic nitrogens is 2. The second-order valence-corrected chi connectivity index (χ2v) is 6.58. The zero-order valence-electron chi connectivity index (χ0n) is 13.7. The molecule has 3 rings (SSSR count). The maximum Gasteiger partial charge on any atom is 0.186 e. The molecule has 0 radical (unpaired) electrons. The lowest BCUT2D eigenvalue weighted by molar-refractivity contribution is 0.240. The lowest BCUT2D eigenvalue weighted by atomic mass is 10.2. The van der Waals surface area contributed by atoms with Crippen LogP contribution in [0, 0.1) is 0 Å². The fourth-order valence-electron chi connectivity index (χ4n) is 2.65. The lowest BCUT2D eigenvalue weighted by Crippen LogP contribution is -2.24. The molecule has 6 heteroatoms. The van der Waals surface area contributed by atoms with Crippen LogP contribution < -0.4 is 0 Å². The first-order chi connectivity index (χ1) is 12.2. The summed E-state index contributed by atoms with van der Waals surface area (Å²) in [6.07, 6.45) is 3.54. The van der Waals surface area contributed by atoms with Crippen molar-refractivity contribution in [1.29, 1.82) is 0 Å². The van der Waals surface area contributed by atoms with Crippen LogP contribution >= 0.6 is 0 Å². The molecule has 0 saturated heterocycles. The van der Waals surface area contributed by atoms with Gasteiger partial charge in [-0.05, 0) is 35.9 Å². The van der Waals surface area contributed by atoms with Gasteiger partial charge in [0.25, 0.3) is 0 Å². The van der Waals surface area contributed by atoms with Gasteiger partial charge in [0.1, 0.15) is 0 Å². The van der Waals surface area contributed by atoms with Gasteiger partial charge < -0.3 is 4.55 Å². The molecule has 0 bridgehead atoms. The van der Waals surface area contributed by atoms with Gasteiger partial charge in [-0.1, -0.05) is 30.3 Å². The van der Waals surface area contributed by atoms with E-state index < -0.39 is 11.1 Å². The van der Waals surface area contributed by atoms with Crippen LogP contribution in [0.25, 0.3) is 0 Å². The third kappa shape index (κ3) is 5.03. The first-order valence-corrected chi connectivity index (χ1v) is 9.04. The van der Waals surface area contributed by atoms with Crippen LogP contribution in [-0.4, -0.2) is 23.6 Å². The number of hydrogen-bond donors (Lipinski definition) is 1. The molecule has 128 valence electrons. The van der Waals surface area contributed by atoms with Crippen molar-refractivity contribution in [3.05, 3.63) is 90.0 Å². The fourth-order valence-corrected chi connectivity index (χ4v) is 3.21. The highest BCUT2D eigenvalue weighted by atomic mass is 32.2. The van der Waals surface area contributed by atoms with Gasteiger partial charge in [-0.2, -0.15) is 0 Å². The highest BCUT2D eigenvalue weighted by molar-refractivity contribution is 7.79. The van der Waals surface area contributed by atoms with Crippen LogP contribution in [0.4, 0.5) is 0 Å². The summed E-state index contributed by atoms with van der Waals surface area (Å²) in [4.78, 5) is 11.4. The summed E-state index contributed by atoms with van der Waals surface area (Å²) in [5, 5.41) is 0. The summed E-state index contributed by atoms with van der Waals surface area (Å²) >= 11 is -2.01. The molecule has 2 heterocycles. The smallest absolute Gasteiger partial charge is 0.186 e. The maximum absolute atomic E-state index is 11.6. The molecule has 1 atom stereocenters. The van der Waals surface area contributed by atoms with E-state index in [-0.39, 0.29) is 0 Å². The molecule has 1 aromatic carbocycles. The van der Waals surface area contributed by atoms with E-state index in [1.807, 2.05) is 48.5 Å². The minimum Gasteiger partial charge on any atom is -0.302 e. The van der Waals surface area contributed by atoms with E-state index >= 15 is 0 Å². The molecule has 0 amide bonds. The third-order valence-electron chi connectivity index (χ3n) is 3.78. The molecule has 0 aliphatic carbocycles. The molecule has 2 aromatic heterocycles. The summed E-state index contributed by atoms with van der Waals surface area (Å²) in [5.74, 6) is 0. The van der Waals surface area contributed by atoms with Gasteiger partial charge in [-0.15, -0.1) is 0 Å². The molecular weight excluding hydrogens is 334 g/mol. The van der Waals surface area contributed by atoms with Crippen molar-refractivity contribution >= 4 is 11.1 Å². The molecular formula is C19H19N3O2S. The van der Waals surface area contributed by atoms with Crippen LogP contribution in [0.1, 0.15) is 17.0 Å². The number of rotatable bonds is 7. The van der Waals surface area contributed by atoms with E-state index in [1.165, 1.54) is 0 Å². The number of benzene rings is 1. The normalized spacial score (nSPS) is 12.2. The number of hydrogen-bond acceptors (Lipinski definition) is 4. The van der Waals surface area contributed by atoms with Gasteiger partial charge >= 0.3 is 0 Å². The molecule has 0 fully saturated rings. The van der Waals surface area contributed by atoms with Crippen LogP contribution in [0.3, 0.4) is 0 Å². The molecule has 25 heavy (non-hydrogen) atoms. The van der Waals surface area contributed by atoms with Crippen molar-refractivity contribution in [2.24, 2.45) is 0 Å². The summed E-state index contributed by atoms with van der Waals surface area (Å²) in [5.41, 5.74) is 2.72. The molecule has 1 N–H and O–H groups in total. The molecule has 0 saturated carbocycles. The molecule has 5 nitrogen and oxygen atoms in total. The van der Waals surface area contributed by atoms with Crippen LogP contribution in [0.5, 0.6) is 0 Å². The van der Waals surface area contributed by atoms with Gasteiger partial charge in [0, 0.05) is 32.0 Å². The van der Waals surface area contributed by atoms with Crippen molar-refractivity contribution < 1.29 is 8.76 Å².